The van der Waals surface area contributed by atoms with Crippen LogP contribution in [0, 0.1) is 5.92 Å². The van der Waals surface area contributed by atoms with Gasteiger partial charge in [0.2, 0.25) is 15.9 Å². The molecule has 1 atom stereocenters. The molecule has 1 unspecified atom stereocenters. The molecule has 6 nitrogen and oxygen atoms in total. The smallest absolute Gasteiger partial charge is 0.238 e. The zero-order valence-electron chi connectivity index (χ0n) is 15.8. The highest BCUT2D eigenvalue weighted by Crippen LogP contribution is 2.26. The molecule has 2 aromatic rings. The van der Waals surface area contributed by atoms with Gasteiger partial charge in [0.1, 0.15) is 5.75 Å². The van der Waals surface area contributed by atoms with Crippen LogP contribution >= 0.6 is 0 Å². The first-order chi connectivity index (χ1) is 12.7. The van der Waals surface area contributed by atoms with Crippen molar-refractivity contribution in [2.24, 2.45) is 11.1 Å². The minimum Gasteiger partial charge on any atom is -0.497 e. The summed E-state index contributed by atoms with van der Waals surface area (Å²) in [6.07, 6.45) is 0.601. The molecule has 0 saturated carbocycles. The van der Waals surface area contributed by atoms with Crippen molar-refractivity contribution < 1.29 is 17.9 Å². The van der Waals surface area contributed by atoms with Gasteiger partial charge in [0.05, 0.1) is 17.9 Å². The van der Waals surface area contributed by atoms with E-state index < -0.39 is 10.0 Å². The van der Waals surface area contributed by atoms with E-state index in [0.29, 0.717) is 13.0 Å². The summed E-state index contributed by atoms with van der Waals surface area (Å²) >= 11 is 0. The zero-order valence-corrected chi connectivity index (χ0v) is 16.6. The van der Waals surface area contributed by atoms with Gasteiger partial charge in [-0.1, -0.05) is 38.1 Å². The van der Waals surface area contributed by atoms with Crippen LogP contribution in [0.4, 0.5) is 0 Å². The molecule has 0 aliphatic heterocycles. The first kappa shape index (κ1) is 20.9. The van der Waals surface area contributed by atoms with Gasteiger partial charge in [0.25, 0.3) is 0 Å². The molecule has 27 heavy (non-hydrogen) atoms. The Morgan fingerprint density at radius 1 is 1.07 bits per heavy atom. The Morgan fingerprint density at radius 3 is 2.15 bits per heavy atom. The average molecular weight is 391 g/mol. The second-order valence-electron chi connectivity index (χ2n) is 6.72. The standard InChI is InChI=1S/C20H26N2O4S/c1-14(2)19(16-6-8-17(26-3)9-7-16)20(23)22-13-12-15-4-10-18(11-5-15)27(21,24)25/h4-11,14,19H,12-13H2,1-3H3,(H,22,23)(H2,21,24,25). The molecule has 0 aromatic heterocycles. The van der Waals surface area contributed by atoms with Crippen molar-refractivity contribution in [3.05, 3.63) is 59.7 Å². The summed E-state index contributed by atoms with van der Waals surface area (Å²) in [5.74, 6) is 0.619. The van der Waals surface area contributed by atoms with Crippen LogP contribution in [0.2, 0.25) is 0 Å². The van der Waals surface area contributed by atoms with Gasteiger partial charge in [-0.05, 0) is 47.7 Å². The van der Waals surface area contributed by atoms with Gasteiger partial charge >= 0.3 is 0 Å². The predicted octanol–water partition coefficient (Wildman–Crippen LogP) is 2.44. The minimum atomic E-state index is -3.69. The Bertz CT molecular complexity index is 860. The second kappa shape index (κ2) is 9.01. The first-order valence-corrected chi connectivity index (χ1v) is 10.3. The van der Waals surface area contributed by atoms with Gasteiger partial charge in [-0.2, -0.15) is 0 Å². The fraction of sp³-hybridized carbons (Fsp3) is 0.350. The molecule has 0 saturated heterocycles. The fourth-order valence-corrected chi connectivity index (χ4v) is 3.45. The van der Waals surface area contributed by atoms with Crippen LogP contribution < -0.4 is 15.2 Å². The van der Waals surface area contributed by atoms with Crippen LogP contribution in [-0.4, -0.2) is 28.0 Å². The number of sulfonamides is 1. The van der Waals surface area contributed by atoms with E-state index in [2.05, 4.69) is 5.32 Å². The maximum absolute atomic E-state index is 12.7. The van der Waals surface area contributed by atoms with Crippen molar-refractivity contribution in [3.63, 3.8) is 0 Å². The van der Waals surface area contributed by atoms with E-state index in [-0.39, 0.29) is 22.6 Å². The van der Waals surface area contributed by atoms with Crippen molar-refractivity contribution in [1.29, 1.82) is 0 Å². The van der Waals surface area contributed by atoms with E-state index in [0.717, 1.165) is 16.9 Å². The Balaban J connectivity index is 1.97. The number of carbonyl (C=O) groups excluding carboxylic acids is 1. The molecule has 0 aliphatic carbocycles. The minimum absolute atomic E-state index is 0.0312. The number of methoxy groups -OCH3 is 1. The summed E-state index contributed by atoms with van der Waals surface area (Å²) in [7, 11) is -2.08. The number of nitrogens with two attached hydrogens (primary N) is 1. The van der Waals surface area contributed by atoms with E-state index in [1.165, 1.54) is 12.1 Å². The van der Waals surface area contributed by atoms with Gasteiger partial charge in [-0.3, -0.25) is 4.79 Å². The SMILES string of the molecule is COc1ccc(C(C(=O)NCCc2ccc(S(N)(=O)=O)cc2)C(C)C)cc1. The number of amides is 1. The molecule has 0 radical (unpaired) electrons. The van der Waals surface area contributed by atoms with Gasteiger partial charge in [-0.25, -0.2) is 13.6 Å². The highest BCUT2D eigenvalue weighted by Gasteiger charge is 2.23. The van der Waals surface area contributed by atoms with Gasteiger partial charge in [0, 0.05) is 6.54 Å². The monoisotopic (exact) mass is 390 g/mol. The third kappa shape index (κ3) is 5.80. The highest BCUT2D eigenvalue weighted by atomic mass is 32.2. The molecular formula is C20H26N2O4S. The van der Waals surface area contributed by atoms with Crippen LogP contribution in [0.15, 0.2) is 53.4 Å². The molecule has 2 rings (SSSR count). The Labute approximate surface area is 160 Å². The van der Waals surface area contributed by atoms with Gasteiger partial charge in [0.15, 0.2) is 0 Å². The zero-order chi connectivity index (χ0) is 20.0. The molecule has 1 amide bonds. The van der Waals surface area contributed by atoms with E-state index in [1.54, 1.807) is 19.2 Å². The molecule has 3 N–H and O–H groups in total. The first-order valence-electron chi connectivity index (χ1n) is 8.75. The lowest BCUT2D eigenvalue weighted by molar-refractivity contribution is -0.123. The molecule has 146 valence electrons. The van der Waals surface area contributed by atoms with Crippen LogP contribution in [0.3, 0.4) is 0 Å². The van der Waals surface area contributed by atoms with Crippen molar-refractivity contribution in [3.8, 4) is 5.75 Å². The number of hydrogen-bond acceptors (Lipinski definition) is 4. The summed E-state index contributed by atoms with van der Waals surface area (Å²) in [6, 6.07) is 13.9. The molecule has 0 bridgehead atoms. The molecule has 0 aliphatic rings. The average Bonchev–Trinajstić information content (AvgIpc) is 2.62. The quantitative estimate of drug-likeness (QED) is 0.723. The van der Waals surface area contributed by atoms with Crippen LogP contribution in [0.25, 0.3) is 0 Å². The summed E-state index contributed by atoms with van der Waals surface area (Å²) in [6.45, 7) is 4.49. The summed E-state index contributed by atoms with van der Waals surface area (Å²) < 4.78 is 27.7. The Kier molecular flexibility index (Phi) is 6.98. The van der Waals surface area contributed by atoms with E-state index in [1.807, 2.05) is 38.1 Å². The number of hydrogen-bond donors (Lipinski definition) is 2. The van der Waals surface area contributed by atoms with E-state index >= 15 is 0 Å². The Hall–Kier alpha value is -2.38. The third-order valence-electron chi connectivity index (χ3n) is 4.39. The summed E-state index contributed by atoms with van der Waals surface area (Å²) in [5.41, 5.74) is 1.87. The lowest BCUT2D eigenvalue weighted by Gasteiger charge is -2.21. The molecule has 2 aromatic carbocycles. The number of ether oxygens (including phenoxy) is 1. The Morgan fingerprint density at radius 2 is 1.67 bits per heavy atom. The summed E-state index contributed by atoms with van der Waals surface area (Å²) in [5, 5.41) is 8.06. The fourth-order valence-electron chi connectivity index (χ4n) is 2.94. The van der Waals surface area contributed by atoms with Crippen molar-refractivity contribution in [1.82, 2.24) is 5.32 Å². The van der Waals surface area contributed by atoms with Crippen molar-refractivity contribution in [2.75, 3.05) is 13.7 Å². The number of rotatable bonds is 8. The van der Waals surface area contributed by atoms with Gasteiger partial charge < -0.3 is 10.1 Å². The second-order valence-corrected chi connectivity index (χ2v) is 8.29. The molecule has 0 spiro atoms. The number of carbonyl (C=O) groups is 1. The summed E-state index contributed by atoms with van der Waals surface area (Å²) in [4.78, 5) is 12.8. The topological polar surface area (TPSA) is 98.5 Å². The van der Waals surface area contributed by atoms with Gasteiger partial charge in [-0.15, -0.1) is 0 Å². The largest absolute Gasteiger partial charge is 0.497 e. The highest BCUT2D eigenvalue weighted by molar-refractivity contribution is 7.89. The van der Waals surface area contributed by atoms with Crippen LogP contribution in [0.5, 0.6) is 5.75 Å². The molecule has 7 heteroatoms. The predicted molar refractivity (Wildman–Crippen MR) is 105 cm³/mol. The van der Waals surface area contributed by atoms with Crippen molar-refractivity contribution in [2.45, 2.75) is 31.1 Å². The molecule has 0 fully saturated rings. The number of nitrogens with one attached hydrogen (secondary N) is 1. The maximum atomic E-state index is 12.7. The van der Waals surface area contributed by atoms with E-state index in [4.69, 9.17) is 9.88 Å². The van der Waals surface area contributed by atoms with Crippen LogP contribution in [0.1, 0.15) is 30.9 Å². The third-order valence-corrected chi connectivity index (χ3v) is 5.32. The number of benzene rings is 2. The molecular weight excluding hydrogens is 364 g/mol. The van der Waals surface area contributed by atoms with Crippen LogP contribution in [-0.2, 0) is 21.2 Å². The van der Waals surface area contributed by atoms with Crippen molar-refractivity contribution >= 4 is 15.9 Å². The maximum Gasteiger partial charge on any atom is 0.238 e. The normalized spacial score (nSPS) is 12.6. The lowest BCUT2D eigenvalue weighted by Crippen LogP contribution is -2.33. The number of primary sulfonamides is 1. The van der Waals surface area contributed by atoms with E-state index in [9.17, 15) is 13.2 Å². The molecule has 0 heterocycles. The lowest BCUT2D eigenvalue weighted by atomic mass is 9.87.